The van der Waals surface area contributed by atoms with Gasteiger partial charge in [0.1, 0.15) is 5.75 Å². The van der Waals surface area contributed by atoms with Gasteiger partial charge in [-0.15, -0.1) is 0 Å². The number of nitrogens with one attached hydrogen (secondary N) is 1. The summed E-state index contributed by atoms with van der Waals surface area (Å²) in [5.41, 5.74) is 1.26. The maximum absolute atomic E-state index is 11.3. The van der Waals surface area contributed by atoms with Crippen molar-refractivity contribution in [3.63, 3.8) is 0 Å². The predicted molar refractivity (Wildman–Crippen MR) is 106 cm³/mol. The Morgan fingerprint density at radius 3 is 2.61 bits per heavy atom. The predicted octanol–water partition coefficient (Wildman–Crippen LogP) is 3.34. The van der Waals surface area contributed by atoms with Crippen LogP contribution in [0.3, 0.4) is 0 Å². The molecule has 0 saturated carbocycles. The van der Waals surface area contributed by atoms with Gasteiger partial charge in [-0.05, 0) is 17.8 Å². The number of nitro groups is 1. The van der Waals surface area contributed by atoms with E-state index in [1.807, 2.05) is 30.3 Å². The third kappa shape index (κ3) is 4.07. The second-order valence-electron chi connectivity index (χ2n) is 5.69. The lowest BCUT2D eigenvalue weighted by atomic mass is 10.1. The first-order valence-electron chi connectivity index (χ1n) is 8.18. The molecule has 0 fully saturated rings. The molecule has 28 heavy (non-hydrogen) atoms. The monoisotopic (exact) mass is 399 g/mol. The molecule has 1 heterocycles. The Morgan fingerprint density at radius 1 is 1.25 bits per heavy atom. The first-order valence-corrected chi connectivity index (χ1v) is 8.59. The summed E-state index contributed by atoms with van der Waals surface area (Å²) in [4.78, 5) is 10.8. The van der Waals surface area contributed by atoms with Crippen molar-refractivity contribution in [3.05, 3.63) is 74.3 Å². The zero-order valence-electron chi connectivity index (χ0n) is 15.2. The number of methoxy groups -OCH3 is 2. The van der Waals surface area contributed by atoms with E-state index in [9.17, 15) is 10.1 Å². The van der Waals surface area contributed by atoms with Crippen LogP contribution in [0.1, 0.15) is 17.0 Å². The summed E-state index contributed by atoms with van der Waals surface area (Å²) in [7, 11) is 2.82. The SMILES string of the molecule is COc1cc(OC)c([N+](=O)[O-])cc1/C=N\n1c(Cc2ccccc2)n[nH]c1=S. The molecule has 0 spiro atoms. The third-order valence-electron chi connectivity index (χ3n) is 3.96. The summed E-state index contributed by atoms with van der Waals surface area (Å²) in [6.45, 7) is 0. The van der Waals surface area contributed by atoms with Crippen molar-refractivity contribution in [2.24, 2.45) is 5.10 Å². The van der Waals surface area contributed by atoms with E-state index in [1.54, 1.807) is 0 Å². The molecule has 10 heteroatoms. The molecule has 3 aromatic rings. The number of benzene rings is 2. The van der Waals surface area contributed by atoms with Crippen molar-refractivity contribution < 1.29 is 14.4 Å². The highest BCUT2D eigenvalue weighted by molar-refractivity contribution is 7.71. The molecule has 0 bridgehead atoms. The first-order chi connectivity index (χ1) is 13.5. The van der Waals surface area contributed by atoms with Crippen LogP contribution < -0.4 is 9.47 Å². The highest BCUT2D eigenvalue weighted by Crippen LogP contribution is 2.33. The molecule has 1 N–H and O–H groups in total. The van der Waals surface area contributed by atoms with Crippen LogP contribution in [-0.4, -0.2) is 40.2 Å². The van der Waals surface area contributed by atoms with Gasteiger partial charge in [0, 0.05) is 24.1 Å². The minimum Gasteiger partial charge on any atom is -0.496 e. The molecule has 144 valence electrons. The molecule has 0 radical (unpaired) electrons. The Balaban J connectivity index is 1.98. The van der Waals surface area contributed by atoms with E-state index in [-0.39, 0.29) is 11.4 Å². The van der Waals surface area contributed by atoms with Crippen LogP contribution in [0.2, 0.25) is 0 Å². The number of H-pyrrole nitrogens is 1. The first kappa shape index (κ1) is 19.2. The minimum absolute atomic E-state index is 0.101. The van der Waals surface area contributed by atoms with E-state index in [2.05, 4.69) is 15.3 Å². The van der Waals surface area contributed by atoms with Gasteiger partial charge in [0.25, 0.3) is 0 Å². The molecule has 0 aliphatic heterocycles. The van der Waals surface area contributed by atoms with E-state index in [0.29, 0.717) is 28.3 Å². The van der Waals surface area contributed by atoms with Crippen molar-refractivity contribution in [2.75, 3.05) is 14.2 Å². The molecule has 3 rings (SSSR count). The number of aromatic amines is 1. The fourth-order valence-corrected chi connectivity index (χ4v) is 2.80. The molecular formula is C18H17N5O4S. The standard InChI is InChI=1S/C18H17N5O4S/c1-26-15-10-16(27-2)14(23(24)25)9-13(15)11-19-22-17(20-21-18(22)28)8-12-6-4-3-5-7-12/h3-7,9-11H,8H2,1-2H3,(H,21,28)/b19-11-. The number of hydrogen-bond donors (Lipinski definition) is 1. The summed E-state index contributed by atoms with van der Waals surface area (Å²) >= 11 is 5.24. The lowest BCUT2D eigenvalue weighted by Gasteiger charge is -2.08. The Morgan fingerprint density at radius 2 is 1.96 bits per heavy atom. The summed E-state index contributed by atoms with van der Waals surface area (Å²) in [6.07, 6.45) is 1.95. The normalized spacial score (nSPS) is 10.9. The van der Waals surface area contributed by atoms with Crippen LogP contribution in [0.5, 0.6) is 11.5 Å². The molecule has 0 aliphatic rings. The van der Waals surface area contributed by atoms with Gasteiger partial charge in [0.05, 0.1) is 25.4 Å². The molecular weight excluding hydrogens is 382 g/mol. The quantitative estimate of drug-likeness (QED) is 0.283. The second kappa shape index (κ2) is 8.44. The van der Waals surface area contributed by atoms with Gasteiger partial charge in [-0.25, -0.2) is 0 Å². The molecule has 0 unspecified atom stereocenters. The molecule has 9 nitrogen and oxygen atoms in total. The van der Waals surface area contributed by atoms with Crippen molar-refractivity contribution in [1.82, 2.24) is 14.9 Å². The molecule has 0 saturated heterocycles. The van der Waals surface area contributed by atoms with Gasteiger partial charge < -0.3 is 9.47 Å². The third-order valence-corrected chi connectivity index (χ3v) is 4.23. The molecule has 2 aromatic carbocycles. The summed E-state index contributed by atoms with van der Waals surface area (Å²) in [6, 6.07) is 12.5. The van der Waals surface area contributed by atoms with Crippen LogP contribution in [0, 0.1) is 14.9 Å². The number of rotatable bonds is 7. The maximum Gasteiger partial charge on any atom is 0.311 e. The molecule has 0 amide bonds. The van der Waals surface area contributed by atoms with E-state index in [4.69, 9.17) is 21.7 Å². The Kier molecular flexibility index (Phi) is 5.80. The van der Waals surface area contributed by atoms with Gasteiger partial charge in [-0.3, -0.25) is 15.2 Å². The number of nitrogens with zero attached hydrogens (tertiary/aromatic N) is 4. The van der Waals surface area contributed by atoms with Crippen LogP contribution in [0.4, 0.5) is 5.69 Å². The van der Waals surface area contributed by atoms with Gasteiger partial charge in [0.15, 0.2) is 5.82 Å². The lowest BCUT2D eigenvalue weighted by molar-refractivity contribution is -0.385. The Labute approximate surface area is 165 Å². The molecule has 0 atom stereocenters. The summed E-state index contributed by atoms with van der Waals surface area (Å²) < 4.78 is 12.1. The largest absolute Gasteiger partial charge is 0.496 e. The van der Waals surface area contributed by atoms with Gasteiger partial charge in [-0.2, -0.15) is 14.9 Å². The summed E-state index contributed by atoms with van der Waals surface area (Å²) in [5.74, 6) is 1.09. The maximum atomic E-state index is 11.3. The van der Waals surface area contributed by atoms with Crippen molar-refractivity contribution in [1.29, 1.82) is 0 Å². The minimum atomic E-state index is -0.528. The summed E-state index contributed by atoms with van der Waals surface area (Å²) in [5, 5.41) is 22.6. The van der Waals surface area contributed by atoms with Gasteiger partial charge in [0.2, 0.25) is 10.5 Å². The average molecular weight is 399 g/mol. The van der Waals surface area contributed by atoms with Crippen LogP contribution in [0.15, 0.2) is 47.6 Å². The highest BCUT2D eigenvalue weighted by atomic mass is 32.1. The van der Waals surface area contributed by atoms with Gasteiger partial charge >= 0.3 is 5.69 Å². The Hall–Kier alpha value is -3.53. The topological polar surface area (TPSA) is 108 Å². The fraction of sp³-hybridized carbons (Fsp3) is 0.167. The van der Waals surface area contributed by atoms with E-state index in [0.717, 1.165) is 5.56 Å². The molecule has 1 aromatic heterocycles. The van der Waals surface area contributed by atoms with E-state index < -0.39 is 4.92 Å². The fourth-order valence-electron chi connectivity index (χ4n) is 2.61. The average Bonchev–Trinajstić information content (AvgIpc) is 3.05. The number of nitro benzene ring substituents is 1. The van der Waals surface area contributed by atoms with Crippen molar-refractivity contribution in [2.45, 2.75) is 6.42 Å². The van der Waals surface area contributed by atoms with Crippen LogP contribution in [0.25, 0.3) is 0 Å². The second-order valence-corrected chi connectivity index (χ2v) is 6.07. The van der Waals surface area contributed by atoms with E-state index >= 15 is 0 Å². The van der Waals surface area contributed by atoms with Gasteiger partial charge in [-0.1, -0.05) is 30.3 Å². The zero-order chi connectivity index (χ0) is 20.1. The molecule has 0 aliphatic carbocycles. The highest BCUT2D eigenvalue weighted by Gasteiger charge is 2.19. The lowest BCUT2D eigenvalue weighted by Crippen LogP contribution is -2.02. The van der Waals surface area contributed by atoms with Crippen LogP contribution in [-0.2, 0) is 6.42 Å². The number of hydrogen-bond acceptors (Lipinski definition) is 7. The Bertz CT molecular complexity index is 1080. The zero-order valence-corrected chi connectivity index (χ0v) is 16.0. The number of aromatic nitrogens is 3. The van der Waals surface area contributed by atoms with Crippen LogP contribution >= 0.6 is 12.2 Å². The van der Waals surface area contributed by atoms with Crippen molar-refractivity contribution >= 4 is 24.1 Å². The van der Waals surface area contributed by atoms with Crippen molar-refractivity contribution in [3.8, 4) is 11.5 Å². The van der Waals surface area contributed by atoms with E-state index in [1.165, 1.54) is 37.2 Å². The smallest absolute Gasteiger partial charge is 0.311 e. The number of ether oxygens (including phenoxy) is 2.